The SMILES string of the molecule is COc1ccc(/C=C(\NC(=O)c2ccccc2)C(=O)Nc2ccc(SC(C(=O)Nc3ccc(C)cc3)c3ccccc3)cc2)c(OC)c1. The molecule has 5 aromatic rings. The van der Waals surface area contributed by atoms with Crippen LogP contribution in [0.2, 0.25) is 0 Å². The maximum absolute atomic E-state index is 13.6. The number of benzene rings is 5. The molecule has 0 radical (unpaired) electrons. The molecule has 5 rings (SSSR count). The van der Waals surface area contributed by atoms with Crippen molar-refractivity contribution in [1.82, 2.24) is 5.32 Å². The van der Waals surface area contributed by atoms with Crippen LogP contribution in [0.1, 0.15) is 32.3 Å². The molecule has 0 saturated carbocycles. The third-order valence-electron chi connectivity index (χ3n) is 7.29. The molecule has 0 heterocycles. The number of hydrogen-bond donors (Lipinski definition) is 3. The van der Waals surface area contributed by atoms with Gasteiger partial charge in [-0.25, -0.2) is 0 Å². The molecule has 0 aromatic heterocycles. The molecule has 3 N–H and O–H groups in total. The topological polar surface area (TPSA) is 106 Å². The molecule has 0 aliphatic carbocycles. The van der Waals surface area contributed by atoms with Crippen LogP contribution in [0.4, 0.5) is 11.4 Å². The van der Waals surface area contributed by atoms with E-state index in [2.05, 4.69) is 16.0 Å². The molecule has 1 atom stereocenters. The summed E-state index contributed by atoms with van der Waals surface area (Å²) in [6, 6.07) is 38.3. The van der Waals surface area contributed by atoms with Crippen molar-refractivity contribution in [1.29, 1.82) is 0 Å². The molecule has 0 fully saturated rings. The number of nitrogens with one attached hydrogen (secondary N) is 3. The van der Waals surface area contributed by atoms with Crippen LogP contribution in [-0.4, -0.2) is 31.9 Å². The molecule has 8 nitrogen and oxygen atoms in total. The summed E-state index contributed by atoms with van der Waals surface area (Å²) in [7, 11) is 3.07. The lowest BCUT2D eigenvalue weighted by Crippen LogP contribution is -2.30. The van der Waals surface area contributed by atoms with Crippen molar-refractivity contribution in [3.63, 3.8) is 0 Å². The van der Waals surface area contributed by atoms with E-state index < -0.39 is 17.1 Å². The molecule has 5 aromatic carbocycles. The first kappa shape index (κ1) is 33.6. The molecule has 0 aliphatic rings. The number of aryl methyl sites for hydroxylation is 1. The van der Waals surface area contributed by atoms with Gasteiger partial charge < -0.3 is 25.4 Å². The van der Waals surface area contributed by atoms with E-state index in [4.69, 9.17) is 9.47 Å². The van der Waals surface area contributed by atoms with Crippen LogP contribution < -0.4 is 25.4 Å². The molecule has 48 heavy (non-hydrogen) atoms. The Morgan fingerprint density at radius 2 is 1.33 bits per heavy atom. The van der Waals surface area contributed by atoms with Crippen molar-refractivity contribution in [2.24, 2.45) is 0 Å². The van der Waals surface area contributed by atoms with Gasteiger partial charge in [0.15, 0.2) is 0 Å². The lowest BCUT2D eigenvalue weighted by atomic mass is 10.1. The van der Waals surface area contributed by atoms with E-state index in [9.17, 15) is 14.4 Å². The summed E-state index contributed by atoms with van der Waals surface area (Å²) in [6.07, 6.45) is 1.55. The van der Waals surface area contributed by atoms with E-state index in [0.717, 1.165) is 21.7 Å². The molecule has 9 heteroatoms. The third kappa shape index (κ3) is 8.92. The second-order valence-corrected chi connectivity index (χ2v) is 11.9. The number of thioether (sulfide) groups is 1. The molecule has 1 unspecified atom stereocenters. The summed E-state index contributed by atoms with van der Waals surface area (Å²) in [5, 5.41) is 8.13. The average Bonchev–Trinajstić information content (AvgIpc) is 3.12. The maximum atomic E-state index is 13.6. The standard InChI is InChI=1S/C39H35N3O5S/c1-26-14-17-30(18-15-26)41-39(45)36(27-10-6-4-7-11-27)48-33-22-19-31(20-23-33)40-38(44)34(42-37(43)28-12-8-5-9-13-28)24-29-16-21-32(46-2)25-35(29)47-3/h4-25,36H,1-3H3,(H,40,44)(H,41,45)(H,42,43)/b34-24-. The Balaban J connectivity index is 1.35. The highest BCUT2D eigenvalue weighted by molar-refractivity contribution is 8.00. The Bertz CT molecular complexity index is 1890. The fourth-order valence-corrected chi connectivity index (χ4v) is 5.76. The van der Waals surface area contributed by atoms with Crippen molar-refractivity contribution < 1.29 is 23.9 Å². The van der Waals surface area contributed by atoms with Gasteiger partial charge in [-0.2, -0.15) is 0 Å². The fourth-order valence-electron chi connectivity index (χ4n) is 4.73. The first-order valence-corrected chi connectivity index (χ1v) is 16.0. The average molecular weight is 658 g/mol. The van der Waals surface area contributed by atoms with E-state index in [0.29, 0.717) is 28.3 Å². The quantitative estimate of drug-likeness (QED) is 0.0931. The van der Waals surface area contributed by atoms with Gasteiger partial charge in [0.1, 0.15) is 22.4 Å². The van der Waals surface area contributed by atoms with Crippen LogP contribution in [0, 0.1) is 6.92 Å². The lowest BCUT2D eigenvalue weighted by Gasteiger charge is -2.18. The zero-order valence-corrected chi connectivity index (χ0v) is 27.5. The molecular weight excluding hydrogens is 623 g/mol. The summed E-state index contributed by atoms with van der Waals surface area (Å²) >= 11 is 1.40. The van der Waals surface area contributed by atoms with Crippen molar-refractivity contribution in [2.75, 3.05) is 24.9 Å². The van der Waals surface area contributed by atoms with Gasteiger partial charge in [0, 0.05) is 33.5 Å². The zero-order valence-electron chi connectivity index (χ0n) is 26.7. The number of ether oxygens (including phenoxy) is 2. The second-order valence-electron chi connectivity index (χ2n) is 10.7. The maximum Gasteiger partial charge on any atom is 0.272 e. The van der Waals surface area contributed by atoms with E-state index >= 15 is 0 Å². The fraction of sp³-hybridized carbons (Fsp3) is 0.103. The van der Waals surface area contributed by atoms with Crippen molar-refractivity contribution in [3.8, 4) is 11.5 Å². The van der Waals surface area contributed by atoms with Crippen molar-refractivity contribution in [3.05, 3.63) is 155 Å². The van der Waals surface area contributed by atoms with Crippen molar-refractivity contribution >= 4 is 46.9 Å². The molecule has 3 amide bonds. The first-order valence-electron chi connectivity index (χ1n) is 15.1. The summed E-state index contributed by atoms with van der Waals surface area (Å²) in [4.78, 5) is 41.0. The van der Waals surface area contributed by atoms with Crippen LogP contribution in [0.5, 0.6) is 11.5 Å². The number of rotatable bonds is 12. The largest absolute Gasteiger partial charge is 0.497 e. The summed E-state index contributed by atoms with van der Waals surface area (Å²) in [5.41, 5.74) is 4.19. The minimum Gasteiger partial charge on any atom is -0.497 e. The number of methoxy groups -OCH3 is 2. The predicted molar refractivity (Wildman–Crippen MR) is 191 cm³/mol. The second kappa shape index (κ2) is 16.2. The van der Waals surface area contributed by atoms with E-state index in [1.54, 1.807) is 67.8 Å². The minimum absolute atomic E-state index is 0.0164. The molecule has 0 spiro atoms. The Morgan fingerprint density at radius 1 is 0.708 bits per heavy atom. The number of carbonyl (C=O) groups excluding carboxylic acids is 3. The van der Waals surface area contributed by atoms with Gasteiger partial charge in [-0.1, -0.05) is 66.2 Å². The van der Waals surface area contributed by atoms with Crippen LogP contribution in [0.15, 0.2) is 138 Å². The molecular formula is C39H35N3O5S. The van der Waals surface area contributed by atoms with E-state index in [-0.39, 0.29) is 11.6 Å². The highest BCUT2D eigenvalue weighted by Gasteiger charge is 2.23. The van der Waals surface area contributed by atoms with Gasteiger partial charge in [0.05, 0.1) is 14.2 Å². The summed E-state index contributed by atoms with van der Waals surface area (Å²) < 4.78 is 10.8. The number of amides is 3. The van der Waals surface area contributed by atoms with Crippen LogP contribution in [-0.2, 0) is 9.59 Å². The Morgan fingerprint density at radius 3 is 1.98 bits per heavy atom. The predicted octanol–water partition coefficient (Wildman–Crippen LogP) is 7.89. The van der Waals surface area contributed by atoms with Crippen molar-refractivity contribution in [2.45, 2.75) is 17.1 Å². The Labute approximate surface area is 284 Å². The lowest BCUT2D eigenvalue weighted by molar-refractivity contribution is -0.116. The molecule has 0 saturated heterocycles. The van der Waals surface area contributed by atoms with Crippen LogP contribution >= 0.6 is 11.8 Å². The normalized spacial score (nSPS) is 11.6. The number of carbonyl (C=O) groups is 3. The first-order chi connectivity index (χ1) is 23.3. The van der Waals surface area contributed by atoms with E-state index in [1.807, 2.05) is 79.7 Å². The monoisotopic (exact) mass is 657 g/mol. The zero-order chi connectivity index (χ0) is 33.9. The number of hydrogen-bond acceptors (Lipinski definition) is 6. The van der Waals surface area contributed by atoms with Gasteiger partial charge in [-0.05, 0) is 79.2 Å². The molecule has 0 bridgehead atoms. The Kier molecular flexibility index (Phi) is 11.3. The van der Waals surface area contributed by atoms with Gasteiger partial charge in [0.2, 0.25) is 5.91 Å². The van der Waals surface area contributed by atoms with Gasteiger partial charge >= 0.3 is 0 Å². The number of anilines is 2. The summed E-state index contributed by atoms with van der Waals surface area (Å²) in [6.45, 7) is 2.00. The highest BCUT2D eigenvalue weighted by atomic mass is 32.2. The van der Waals surface area contributed by atoms with E-state index in [1.165, 1.54) is 18.9 Å². The highest BCUT2D eigenvalue weighted by Crippen LogP contribution is 2.37. The van der Waals surface area contributed by atoms with Gasteiger partial charge in [-0.3, -0.25) is 14.4 Å². The summed E-state index contributed by atoms with van der Waals surface area (Å²) in [5.74, 6) is -0.0626. The van der Waals surface area contributed by atoms with Crippen LogP contribution in [0.25, 0.3) is 6.08 Å². The van der Waals surface area contributed by atoms with Gasteiger partial charge in [0.25, 0.3) is 11.8 Å². The third-order valence-corrected chi connectivity index (χ3v) is 8.56. The van der Waals surface area contributed by atoms with Crippen LogP contribution in [0.3, 0.4) is 0 Å². The smallest absolute Gasteiger partial charge is 0.272 e. The molecule has 0 aliphatic heterocycles. The molecule has 242 valence electrons. The minimum atomic E-state index is -0.530. The van der Waals surface area contributed by atoms with Gasteiger partial charge in [-0.15, -0.1) is 11.8 Å². The Hall–Kier alpha value is -5.80.